The normalized spacial score (nSPS) is 14.6. The molecule has 1 aliphatic rings. The Labute approximate surface area is 158 Å². The summed E-state index contributed by atoms with van der Waals surface area (Å²) < 4.78 is 0. The maximum atomic E-state index is 12.7. The first-order chi connectivity index (χ1) is 13.2. The van der Waals surface area contributed by atoms with E-state index in [0.717, 1.165) is 37.8 Å². The van der Waals surface area contributed by atoms with Crippen LogP contribution in [0.2, 0.25) is 0 Å². The van der Waals surface area contributed by atoms with Crippen molar-refractivity contribution >= 4 is 56.5 Å². The number of H-pyrrole nitrogens is 2. The number of imide groups is 1. The highest BCUT2D eigenvalue weighted by molar-refractivity contribution is 7.98. The van der Waals surface area contributed by atoms with Crippen molar-refractivity contribution in [2.24, 2.45) is 0 Å². The molecule has 2 aromatic heterocycles. The minimum atomic E-state index is -0.366. The van der Waals surface area contributed by atoms with Crippen LogP contribution in [0.5, 0.6) is 0 Å². The number of thioether (sulfide) groups is 1. The summed E-state index contributed by atoms with van der Waals surface area (Å²) >= 11 is 1.64. The number of carbonyl (C=O) groups excluding carboxylic acids is 2. The summed E-state index contributed by atoms with van der Waals surface area (Å²) in [6.45, 7) is 0. The molecule has 3 heterocycles. The van der Waals surface area contributed by atoms with Gasteiger partial charge in [0.05, 0.1) is 11.1 Å². The van der Waals surface area contributed by atoms with Gasteiger partial charge in [-0.05, 0) is 30.5 Å². The van der Waals surface area contributed by atoms with E-state index in [1.54, 1.807) is 24.2 Å². The fourth-order valence-corrected chi connectivity index (χ4v) is 4.12. The Morgan fingerprint density at radius 3 is 2.11 bits per heavy atom. The van der Waals surface area contributed by atoms with Crippen molar-refractivity contribution in [3.05, 3.63) is 66.0 Å². The fourth-order valence-electron chi connectivity index (χ4n) is 3.68. The van der Waals surface area contributed by atoms with Crippen LogP contribution in [-0.2, 0) is 9.59 Å². The van der Waals surface area contributed by atoms with Gasteiger partial charge < -0.3 is 9.97 Å². The third-order valence-electron chi connectivity index (χ3n) is 4.95. The summed E-state index contributed by atoms with van der Waals surface area (Å²) in [5.41, 5.74) is 4.15. The third kappa shape index (κ3) is 2.34. The minimum Gasteiger partial charge on any atom is -0.361 e. The summed E-state index contributed by atoms with van der Waals surface area (Å²) in [6.07, 6.45) is 5.60. The summed E-state index contributed by atoms with van der Waals surface area (Å²) in [5, 5.41) is 4.31. The number of hydrogen-bond donors (Lipinski definition) is 3. The maximum Gasteiger partial charge on any atom is 0.259 e. The highest BCUT2D eigenvalue weighted by Gasteiger charge is 2.34. The number of amides is 2. The lowest BCUT2D eigenvalue weighted by atomic mass is 9.95. The molecule has 0 aliphatic carbocycles. The Morgan fingerprint density at radius 1 is 0.778 bits per heavy atom. The van der Waals surface area contributed by atoms with Gasteiger partial charge in [-0.2, -0.15) is 0 Å². The van der Waals surface area contributed by atoms with E-state index in [1.807, 2.05) is 48.7 Å². The second-order valence-electron chi connectivity index (χ2n) is 6.40. The Kier molecular flexibility index (Phi) is 3.48. The quantitative estimate of drug-likeness (QED) is 0.376. The average molecular weight is 373 g/mol. The molecule has 0 fully saturated rings. The van der Waals surface area contributed by atoms with Crippen molar-refractivity contribution in [3.63, 3.8) is 0 Å². The van der Waals surface area contributed by atoms with Gasteiger partial charge in [-0.15, -0.1) is 11.8 Å². The molecule has 132 valence electrons. The molecular weight excluding hydrogens is 358 g/mol. The van der Waals surface area contributed by atoms with Gasteiger partial charge in [0.25, 0.3) is 11.8 Å². The van der Waals surface area contributed by atoms with Crippen LogP contribution in [0.1, 0.15) is 11.1 Å². The number of fused-ring (bicyclic) bond motifs is 2. The summed E-state index contributed by atoms with van der Waals surface area (Å²) in [5.74, 6) is -0.731. The lowest BCUT2D eigenvalue weighted by Crippen LogP contribution is -2.22. The highest BCUT2D eigenvalue weighted by Crippen LogP contribution is 2.38. The topological polar surface area (TPSA) is 77.8 Å². The van der Waals surface area contributed by atoms with E-state index < -0.39 is 0 Å². The molecule has 5 rings (SSSR count). The number of hydrogen-bond acceptors (Lipinski definition) is 3. The molecule has 3 N–H and O–H groups in total. The first-order valence-corrected chi connectivity index (χ1v) is 9.72. The Bertz CT molecular complexity index is 1280. The predicted molar refractivity (Wildman–Crippen MR) is 108 cm³/mol. The van der Waals surface area contributed by atoms with Crippen molar-refractivity contribution in [2.45, 2.75) is 4.90 Å². The molecule has 0 saturated carbocycles. The van der Waals surface area contributed by atoms with Gasteiger partial charge in [0.1, 0.15) is 0 Å². The molecule has 5 nitrogen and oxygen atoms in total. The Hall–Kier alpha value is -3.25. The number of nitrogens with one attached hydrogen (secondary N) is 3. The monoisotopic (exact) mass is 373 g/mol. The zero-order chi connectivity index (χ0) is 18.5. The standard InChI is InChI=1S/C21H15N3O2S/c1-27-11-6-7-17-13(8-11)15(10-23-17)19-18(20(25)24-21(19)26)14-9-22-16-5-3-2-4-12(14)16/h2-10,22-23H,1H3,(H,24,25,26). The zero-order valence-corrected chi connectivity index (χ0v) is 15.2. The SMILES string of the molecule is CSc1ccc2[nH]cc(C3=C(c4c[nH]c5ccccc45)C(=O)NC3=O)c2c1. The van der Waals surface area contributed by atoms with E-state index in [4.69, 9.17) is 0 Å². The van der Waals surface area contributed by atoms with Crippen LogP contribution in [0.3, 0.4) is 0 Å². The summed E-state index contributed by atoms with van der Waals surface area (Å²) in [6, 6.07) is 13.8. The second kappa shape index (κ2) is 5.89. The molecule has 0 spiro atoms. The van der Waals surface area contributed by atoms with Crippen LogP contribution in [0.15, 0.2) is 59.8 Å². The van der Waals surface area contributed by atoms with E-state index >= 15 is 0 Å². The van der Waals surface area contributed by atoms with E-state index in [2.05, 4.69) is 15.3 Å². The molecule has 4 aromatic rings. The lowest BCUT2D eigenvalue weighted by Gasteiger charge is -2.04. The fraction of sp³-hybridized carbons (Fsp3) is 0.0476. The van der Waals surface area contributed by atoms with Crippen molar-refractivity contribution in [3.8, 4) is 0 Å². The number of benzene rings is 2. The number of aromatic amines is 2. The Morgan fingerprint density at radius 2 is 1.41 bits per heavy atom. The smallest absolute Gasteiger partial charge is 0.259 e. The van der Waals surface area contributed by atoms with Gasteiger partial charge in [-0.3, -0.25) is 14.9 Å². The molecule has 1 aliphatic heterocycles. The number of carbonyl (C=O) groups is 2. The molecule has 2 amide bonds. The lowest BCUT2D eigenvalue weighted by molar-refractivity contribution is -0.122. The van der Waals surface area contributed by atoms with Crippen molar-refractivity contribution < 1.29 is 9.59 Å². The molecule has 0 saturated heterocycles. The third-order valence-corrected chi connectivity index (χ3v) is 5.67. The van der Waals surface area contributed by atoms with Crippen LogP contribution >= 0.6 is 11.8 Å². The molecule has 0 unspecified atom stereocenters. The molecule has 2 aromatic carbocycles. The summed E-state index contributed by atoms with van der Waals surface area (Å²) in [4.78, 5) is 32.9. The molecule has 27 heavy (non-hydrogen) atoms. The number of para-hydroxylation sites is 1. The minimum absolute atomic E-state index is 0.365. The van der Waals surface area contributed by atoms with Crippen LogP contribution in [0.4, 0.5) is 0 Å². The second-order valence-corrected chi connectivity index (χ2v) is 7.27. The van der Waals surface area contributed by atoms with E-state index in [1.165, 1.54) is 0 Å². The first-order valence-electron chi connectivity index (χ1n) is 8.49. The molecule has 6 heteroatoms. The van der Waals surface area contributed by atoms with Crippen molar-refractivity contribution in [2.75, 3.05) is 6.26 Å². The van der Waals surface area contributed by atoms with Gasteiger partial charge in [-0.25, -0.2) is 0 Å². The van der Waals surface area contributed by atoms with E-state index in [-0.39, 0.29) is 11.8 Å². The molecule has 0 atom stereocenters. The van der Waals surface area contributed by atoms with Gasteiger partial charge >= 0.3 is 0 Å². The van der Waals surface area contributed by atoms with Gasteiger partial charge in [0, 0.05) is 50.2 Å². The van der Waals surface area contributed by atoms with Crippen LogP contribution in [-0.4, -0.2) is 28.0 Å². The van der Waals surface area contributed by atoms with E-state index in [9.17, 15) is 9.59 Å². The van der Waals surface area contributed by atoms with Crippen molar-refractivity contribution in [1.82, 2.24) is 15.3 Å². The maximum absolute atomic E-state index is 12.7. The van der Waals surface area contributed by atoms with Crippen molar-refractivity contribution in [1.29, 1.82) is 0 Å². The number of aromatic nitrogens is 2. The van der Waals surface area contributed by atoms with Gasteiger partial charge in [0.2, 0.25) is 0 Å². The Balaban J connectivity index is 1.82. The highest BCUT2D eigenvalue weighted by atomic mass is 32.2. The van der Waals surface area contributed by atoms with Crippen LogP contribution in [0.25, 0.3) is 33.0 Å². The predicted octanol–water partition coefficient (Wildman–Crippen LogP) is 3.94. The van der Waals surface area contributed by atoms with Gasteiger partial charge in [-0.1, -0.05) is 18.2 Å². The number of rotatable bonds is 3. The van der Waals surface area contributed by atoms with Gasteiger partial charge in [0.15, 0.2) is 0 Å². The first kappa shape index (κ1) is 16.0. The van der Waals surface area contributed by atoms with Crippen LogP contribution < -0.4 is 5.32 Å². The van der Waals surface area contributed by atoms with Crippen LogP contribution in [0, 0.1) is 0 Å². The largest absolute Gasteiger partial charge is 0.361 e. The molecule has 0 bridgehead atoms. The molecule has 0 radical (unpaired) electrons. The van der Waals surface area contributed by atoms with E-state index in [0.29, 0.717) is 11.1 Å². The summed E-state index contributed by atoms with van der Waals surface area (Å²) in [7, 11) is 0. The average Bonchev–Trinajstić information content (AvgIpc) is 3.36. The zero-order valence-electron chi connectivity index (χ0n) is 14.4. The molecular formula is C21H15N3O2S.